The lowest BCUT2D eigenvalue weighted by molar-refractivity contribution is 0.0696. The van der Waals surface area contributed by atoms with Gasteiger partial charge in [-0.25, -0.2) is 9.59 Å². The topological polar surface area (TPSA) is 104 Å². The van der Waals surface area contributed by atoms with Crippen molar-refractivity contribution in [1.82, 2.24) is 5.32 Å². The van der Waals surface area contributed by atoms with Crippen LogP contribution in [0.5, 0.6) is 0 Å². The molecule has 0 atom stereocenters. The normalized spacial score (nSPS) is 10.6. The molecule has 0 heterocycles. The van der Waals surface area contributed by atoms with E-state index in [1.165, 1.54) is 63.5 Å². The summed E-state index contributed by atoms with van der Waals surface area (Å²) in [5, 5.41) is 20.9. The molecule has 0 spiro atoms. The molecule has 0 aliphatic carbocycles. The van der Waals surface area contributed by atoms with Gasteiger partial charge in [-0.1, -0.05) is 71.1 Å². The maximum atomic E-state index is 12.2. The number of rotatable bonds is 15. The Labute approximate surface area is 167 Å². The molecule has 1 amide bonds. The minimum atomic E-state index is -1.26. The van der Waals surface area contributed by atoms with Gasteiger partial charge in [-0.2, -0.15) is 0 Å². The molecule has 156 valence electrons. The zero-order valence-electron chi connectivity index (χ0n) is 16.8. The Hall–Kier alpha value is -2.37. The quantitative estimate of drug-likeness (QED) is 0.360. The maximum Gasteiger partial charge on any atom is 0.335 e. The molecule has 1 aromatic carbocycles. The van der Waals surface area contributed by atoms with Gasteiger partial charge >= 0.3 is 11.9 Å². The Morgan fingerprint density at radius 1 is 0.679 bits per heavy atom. The highest BCUT2D eigenvalue weighted by Crippen LogP contribution is 2.13. The first kappa shape index (κ1) is 23.7. The number of amides is 1. The molecule has 0 unspecified atom stereocenters. The summed E-state index contributed by atoms with van der Waals surface area (Å²) >= 11 is 0. The highest BCUT2D eigenvalue weighted by molar-refractivity contribution is 6.01. The van der Waals surface area contributed by atoms with Crippen LogP contribution in [0.1, 0.15) is 109 Å². The van der Waals surface area contributed by atoms with Crippen molar-refractivity contribution < 1.29 is 24.6 Å². The number of carbonyl (C=O) groups is 3. The molecule has 0 bridgehead atoms. The van der Waals surface area contributed by atoms with Crippen LogP contribution in [-0.4, -0.2) is 34.6 Å². The lowest BCUT2D eigenvalue weighted by Gasteiger charge is -2.07. The fourth-order valence-electron chi connectivity index (χ4n) is 3.10. The summed E-state index contributed by atoms with van der Waals surface area (Å²) in [6, 6.07) is 3.44. The molecule has 0 saturated heterocycles. The minimum absolute atomic E-state index is 0.0559. The van der Waals surface area contributed by atoms with Crippen molar-refractivity contribution in [1.29, 1.82) is 0 Å². The summed E-state index contributed by atoms with van der Waals surface area (Å²) in [6.07, 6.45) is 13.4. The third kappa shape index (κ3) is 9.53. The zero-order valence-corrected chi connectivity index (χ0v) is 16.8. The largest absolute Gasteiger partial charge is 0.478 e. The van der Waals surface area contributed by atoms with E-state index in [2.05, 4.69) is 12.2 Å². The van der Waals surface area contributed by atoms with Crippen molar-refractivity contribution in [3.63, 3.8) is 0 Å². The number of hydrogen-bond acceptors (Lipinski definition) is 3. The van der Waals surface area contributed by atoms with E-state index in [0.717, 1.165) is 25.3 Å². The molecular formula is C22H33NO5. The molecule has 0 radical (unpaired) electrons. The van der Waals surface area contributed by atoms with E-state index < -0.39 is 17.8 Å². The summed E-state index contributed by atoms with van der Waals surface area (Å²) in [5.74, 6) is -2.97. The average molecular weight is 392 g/mol. The van der Waals surface area contributed by atoms with E-state index in [1.807, 2.05) is 0 Å². The second-order valence-corrected chi connectivity index (χ2v) is 7.20. The standard InChI is InChI=1S/C22H33NO5/c1-2-3-4-5-6-7-8-9-10-11-12-13-23-20(24)17-14-18(21(25)26)16-19(15-17)22(27)28/h14-16H,2-13H2,1H3,(H,23,24)(H,25,26)(H,27,28). The molecular weight excluding hydrogens is 358 g/mol. The molecule has 28 heavy (non-hydrogen) atoms. The van der Waals surface area contributed by atoms with E-state index in [1.54, 1.807) is 0 Å². The monoisotopic (exact) mass is 391 g/mol. The van der Waals surface area contributed by atoms with Crippen LogP contribution in [0, 0.1) is 0 Å². The molecule has 0 aliphatic rings. The Balaban J connectivity index is 2.23. The molecule has 3 N–H and O–H groups in total. The fourth-order valence-corrected chi connectivity index (χ4v) is 3.10. The van der Waals surface area contributed by atoms with Crippen molar-refractivity contribution in [2.75, 3.05) is 6.54 Å². The van der Waals surface area contributed by atoms with Gasteiger partial charge in [0.2, 0.25) is 0 Å². The first-order chi connectivity index (χ1) is 13.5. The number of carboxylic acids is 2. The molecule has 0 aromatic heterocycles. The summed E-state index contributed by atoms with van der Waals surface area (Å²) in [5.41, 5.74) is -0.361. The second-order valence-electron chi connectivity index (χ2n) is 7.20. The predicted molar refractivity (Wildman–Crippen MR) is 109 cm³/mol. The van der Waals surface area contributed by atoms with Gasteiger partial charge in [-0.15, -0.1) is 0 Å². The predicted octanol–water partition coefficient (Wildman–Crippen LogP) is 5.12. The Bertz CT molecular complexity index is 610. The molecule has 1 rings (SSSR count). The molecule has 6 heteroatoms. The first-order valence-electron chi connectivity index (χ1n) is 10.4. The van der Waals surface area contributed by atoms with Crippen LogP contribution in [0.25, 0.3) is 0 Å². The van der Waals surface area contributed by atoms with Gasteiger partial charge in [-0.3, -0.25) is 4.79 Å². The van der Waals surface area contributed by atoms with Gasteiger partial charge in [-0.05, 0) is 24.6 Å². The van der Waals surface area contributed by atoms with Crippen LogP contribution in [0.2, 0.25) is 0 Å². The van der Waals surface area contributed by atoms with Crippen molar-refractivity contribution in [2.45, 2.75) is 77.6 Å². The summed E-state index contributed by atoms with van der Waals surface area (Å²) in [7, 11) is 0. The van der Waals surface area contributed by atoms with Crippen molar-refractivity contribution in [3.8, 4) is 0 Å². The van der Waals surface area contributed by atoms with Crippen LogP contribution in [0.4, 0.5) is 0 Å². The highest BCUT2D eigenvalue weighted by atomic mass is 16.4. The van der Waals surface area contributed by atoms with Crippen LogP contribution >= 0.6 is 0 Å². The maximum absolute atomic E-state index is 12.2. The van der Waals surface area contributed by atoms with Crippen LogP contribution in [0.3, 0.4) is 0 Å². The van der Waals surface area contributed by atoms with E-state index in [4.69, 9.17) is 10.2 Å². The lowest BCUT2D eigenvalue weighted by Crippen LogP contribution is -2.25. The van der Waals surface area contributed by atoms with E-state index in [9.17, 15) is 14.4 Å². The highest BCUT2D eigenvalue weighted by Gasteiger charge is 2.15. The second kappa shape index (κ2) is 13.7. The zero-order chi connectivity index (χ0) is 20.8. The van der Waals surface area contributed by atoms with Crippen LogP contribution < -0.4 is 5.32 Å². The van der Waals surface area contributed by atoms with Gasteiger partial charge in [0.15, 0.2) is 0 Å². The number of benzene rings is 1. The van der Waals surface area contributed by atoms with Gasteiger partial charge in [0.25, 0.3) is 5.91 Å². The molecule has 0 aliphatic heterocycles. The first-order valence-corrected chi connectivity index (χ1v) is 10.4. The molecule has 0 fully saturated rings. The number of carbonyl (C=O) groups excluding carboxylic acids is 1. The number of carboxylic acid groups (broad SMARTS) is 2. The summed E-state index contributed by atoms with van der Waals surface area (Å²) < 4.78 is 0. The van der Waals surface area contributed by atoms with Gasteiger partial charge in [0.05, 0.1) is 11.1 Å². The number of aromatic carboxylic acids is 2. The van der Waals surface area contributed by atoms with E-state index in [-0.39, 0.29) is 16.7 Å². The third-order valence-corrected chi connectivity index (χ3v) is 4.75. The Morgan fingerprint density at radius 2 is 1.07 bits per heavy atom. The number of hydrogen-bond donors (Lipinski definition) is 3. The number of nitrogens with one attached hydrogen (secondary N) is 1. The molecule has 1 aromatic rings. The van der Waals surface area contributed by atoms with Crippen molar-refractivity contribution in [3.05, 3.63) is 34.9 Å². The smallest absolute Gasteiger partial charge is 0.335 e. The molecule has 6 nitrogen and oxygen atoms in total. The summed E-state index contributed by atoms with van der Waals surface area (Å²) in [4.78, 5) is 34.4. The van der Waals surface area contributed by atoms with Crippen molar-refractivity contribution in [2.24, 2.45) is 0 Å². The number of unbranched alkanes of at least 4 members (excludes halogenated alkanes) is 10. The minimum Gasteiger partial charge on any atom is -0.478 e. The third-order valence-electron chi connectivity index (χ3n) is 4.75. The average Bonchev–Trinajstić information content (AvgIpc) is 2.68. The molecule has 0 saturated carbocycles. The Kier molecular flexibility index (Phi) is 11.6. The van der Waals surface area contributed by atoms with Crippen LogP contribution in [-0.2, 0) is 0 Å². The van der Waals surface area contributed by atoms with Crippen molar-refractivity contribution >= 4 is 17.8 Å². The summed E-state index contributed by atoms with van der Waals surface area (Å²) in [6.45, 7) is 2.72. The van der Waals surface area contributed by atoms with Gasteiger partial charge in [0.1, 0.15) is 0 Å². The van der Waals surface area contributed by atoms with E-state index >= 15 is 0 Å². The Morgan fingerprint density at radius 3 is 1.50 bits per heavy atom. The lowest BCUT2D eigenvalue weighted by atomic mass is 10.0. The van der Waals surface area contributed by atoms with Crippen LogP contribution in [0.15, 0.2) is 18.2 Å². The van der Waals surface area contributed by atoms with Gasteiger partial charge < -0.3 is 15.5 Å². The van der Waals surface area contributed by atoms with E-state index in [0.29, 0.717) is 6.54 Å². The fraction of sp³-hybridized carbons (Fsp3) is 0.591. The van der Waals surface area contributed by atoms with Gasteiger partial charge in [0, 0.05) is 12.1 Å². The SMILES string of the molecule is CCCCCCCCCCCCCNC(=O)c1cc(C(=O)O)cc(C(=O)O)c1.